The van der Waals surface area contributed by atoms with E-state index in [1.807, 2.05) is 11.8 Å². The molecule has 0 aliphatic carbocycles. The van der Waals surface area contributed by atoms with Gasteiger partial charge in [0.1, 0.15) is 0 Å². The lowest BCUT2D eigenvalue weighted by Crippen LogP contribution is -2.56. The molecule has 2 aliphatic heterocycles. The second-order valence-electron chi connectivity index (χ2n) is 7.25. The Morgan fingerprint density at radius 2 is 2.00 bits per heavy atom. The zero-order valence-electron chi connectivity index (χ0n) is 15.9. The zero-order chi connectivity index (χ0) is 18.2. The molecule has 25 heavy (non-hydrogen) atoms. The van der Waals surface area contributed by atoms with Gasteiger partial charge in [0, 0.05) is 58.4 Å². The van der Waals surface area contributed by atoms with Crippen molar-refractivity contribution < 1.29 is 14.3 Å². The molecule has 2 N–H and O–H groups in total. The van der Waals surface area contributed by atoms with Crippen LogP contribution < -0.4 is 10.6 Å². The molecule has 2 rings (SSSR count). The van der Waals surface area contributed by atoms with E-state index in [1.165, 1.54) is 0 Å². The summed E-state index contributed by atoms with van der Waals surface area (Å²) in [7, 11) is 1.66. The summed E-state index contributed by atoms with van der Waals surface area (Å²) < 4.78 is 4.99. The first kappa shape index (κ1) is 20.1. The Kier molecular flexibility index (Phi) is 8.12. The molecule has 2 amide bonds. The maximum absolute atomic E-state index is 12.7. The molecule has 0 spiro atoms. The van der Waals surface area contributed by atoms with E-state index in [4.69, 9.17) is 4.74 Å². The highest BCUT2D eigenvalue weighted by atomic mass is 16.5. The summed E-state index contributed by atoms with van der Waals surface area (Å²) in [4.78, 5) is 29.1. The molecule has 2 saturated heterocycles. The second kappa shape index (κ2) is 10.1. The number of piperidine rings is 1. The van der Waals surface area contributed by atoms with Gasteiger partial charge in [-0.1, -0.05) is 0 Å². The summed E-state index contributed by atoms with van der Waals surface area (Å²) in [5.74, 6) is 0.511. The van der Waals surface area contributed by atoms with Gasteiger partial charge in [-0.15, -0.1) is 0 Å². The Bertz CT molecular complexity index is 438. The van der Waals surface area contributed by atoms with Gasteiger partial charge in [-0.3, -0.25) is 14.5 Å². The molecule has 2 aliphatic rings. The van der Waals surface area contributed by atoms with Crippen LogP contribution in [-0.2, 0) is 14.3 Å². The molecule has 1 unspecified atom stereocenters. The Hall–Kier alpha value is -1.18. The average molecular weight is 354 g/mol. The van der Waals surface area contributed by atoms with E-state index in [0.29, 0.717) is 25.1 Å². The van der Waals surface area contributed by atoms with E-state index >= 15 is 0 Å². The number of amides is 2. The fraction of sp³-hybridized carbons (Fsp3) is 0.889. The van der Waals surface area contributed by atoms with Crippen LogP contribution >= 0.6 is 0 Å². The lowest BCUT2D eigenvalue weighted by atomic mass is 9.92. The van der Waals surface area contributed by atoms with Crippen molar-refractivity contribution in [3.8, 4) is 0 Å². The van der Waals surface area contributed by atoms with Gasteiger partial charge in [-0.25, -0.2) is 0 Å². The molecule has 0 bridgehead atoms. The maximum atomic E-state index is 12.7. The largest absolute Gasteiger partial charge is 0.385 e. The van der Waals surface area contributed by atoms with Crippen LogP contribution in [0.5, 0.6) is 0 Å². The summed E-state index contributed by atoms with van der Waals surface area (Å²) in [6, 6.07) is 0.268. The number of carbonyl (C=O) groups excluding carboxylic acids is 2. The molecule has 2 heterocycles. The van der Waals surface area contributed by atoms with Crippen molar-refractivity contribution in [3.63, 3.8) is 0 Å². The molecular weight excluding hydrogens is 320 g/mol. The Balaban J connectivity index is 1.73. The van der Waals surface area contributed by atoms with Gasteiger partial charge in [0.2, 0.25) is 11.8 Å². The van der Waals surface area contributed by atoms with Gasteiger partial charge in [0.15, 0.2) is 0 Å². The minimum absolute atomic E-state index is 0.0584. The summed E-state index contributed by atoms with van der Waals surface area (Å²) in [6.07, 6.45) is 2.69. The van der Waals surface area contributed by atoms with E-state index in [0.717, 1.165) is 52.0 Å². The second-order valence-corrected chi connectivity index (χ2v) is 7.25. The van der Waals surface area contributed by atoms with Crippen LogP contribution in [0.15, 0.2) is 0 Å². The number of methoxy groups -OCH3 is 1. The third-order valence-electron chi connectivity index (χ3n) is 5.35. The summed E-state index contributed by atoms with van der Waals surface area (Å²) in [5, 5.41) is 6.35. The quantitative estimate of drug-likeness (QED) is 0.633. The van der Waals surface area contributed by atoms with Crippen LogP contribution in [0.1, 0.15) is 33.1 Å². The Morgan fingerprint density at radius 1 is 1.28 bits per heavy atom. The Morgan fingerprint density at radius 3 is 2.64 bits per heavy atom. The topological polar surface area (TPSA) is 73.9 Å². The number of piperazine rings is 1. The summed E-state index contributed by atoms with van der Waals surface area (Å²) in [6.45, 7) is 9.28. The van der Waals surface area contributed by atoms with Crippen LogP contribution in [0.25, 0.3) is 0 Å². The standard InChI is InChI=1S/C18H34N4O3/c1-14-13-16(5-7-19-14)18(24)22-10-8-21(9-11-22)15(2)17(23)20-6-4-12-25-3/h14-16,19H,4-13H2,1-3H3,(H,20,23)/t14-,15?,16-/m0/s1. The van der Waals surface area contributed by atoms with Crippen molar-refractivity contribution in [3.05, 3.63) is 0 Å². The van der Waals surface area contributed by atoms with Crippen molar-refractivity contribution in [2.75, 3.05) is 53.0 Å². The minimum Gasteiger partial charge on any atom is -0.385 e. The molecule has 7 heteroatoms. The van der Waals surface area contributed by atoms with Gasteiger partial charge >= 0.3 is 0 Å². The zero-order valence-corrected chi connectivity index (χ0v) is 15.9. The molecule has 0 saturated carbocycles. The minimum atomic E-state index is -0.154. The summed E-state index contributed by atoms with van der Waals surface area (Å²) >= 11 is 0. The van der Waals surface area contributed by atoms with E-state index in [1.54, 1.807) is 7.11 Å². The van der Waals surface area contributed by atoms with Crippen LogP contribution in [-0.4, -0.2) is 86.7 Å². The van der Waals surface area contributed by atoms with Crippen molar-refractivity contribution >= 4 is 11.8 Å². The highest BCUT2D eigenvalue weighted by molar-refractivity contribution is 5.81. The van der Waals surface area contributed by atoms with E-state index in [2.05, 4.69) is 22.5 Å². The van der Waals surface area contributed by atoms with Crippen LogP contribution in [0.4, 0.5) is 0 Å². The van der Waals surface area contributed by atoms with Crippen molar-refractivity contribution in [1.29, 1.82) is 0 Å². The van der Waals surface area contributed by atoms with Gasteiger partial charge < -0.3 is 20.3 Å². The SMILES string of the molecule is COCCCNC(=O)C(C)N1CCN(C(=O)[C@H]2CCN[C@@H](C)C2)CC1. The molecule has 144 valence electrons. The molecular formula is C18H34N4O3. The molecule has 3 atom stereocenters. The lowest BCUT2D eigenvalue weighted by Gasteiger charge is -2.39. The van der Waals surface area contributed by atoms with E-state index in [9.17, 15) is 9.59 Å². The molecule has 7 nitrogen and oxygen atoms in total. The number of carbonyl (C=O) groups is 2. The van der Waals surface area contributed by atoms with Crippen molar-refractivity contribution in [1.82, 2.24) is 20.4 Å². The fourth-order valence-corrected chi connectivity index (χ4v) is 3.69. The predicted molar refractivity (Wildman–Crippen MR) is 97.3 cm³/mol. The fourth-order valence-electron chi connectivity index (χ4n) is 3.69. The van der Waals surface area contributed by atoms with Crippen molar-refractivity contribution in [2.24, 2.45) is 5.92 Å². The normalized spacial score (nSPS) is 26.3. The number of nitrogens with one attached hydrogen (secondary N) is 2. The third-order valence-corrected chi connectivity index (χ3v) is 5.35. The monoisotopic (exact) mass is 354 g/mol. The lowest BCUT2D eigenvalue weighted by molar-refractivity contribution is -0.139. The highest BCUT2D eigenvalue weighted by Crippen LogP contribution is 2.20. The number of hydrogen-bond donors (Lipinski definition) is 2. The smallest absolute Gasteiger partial charge is 0.237 e. The number of rotatable bonds is 7. The Labute approximate surface area is 151 Å². The average Bonchev–Trinajstić information content (AvgIpc) is 2.64. The first-order chi connectivity index (χ1) is 12.0. The number of hydrogen-bond acceptors (Lipinski definition) is 5. The molecule has 0 radical (unpaired) electrons. The third kappa shape index (κ3) is 5.94. The first-order valence-corrected chi connectivity index (χ1v) is 9.55. The molecule has 0 aromatic heterocycles. The van der Waals surface area contributed by atoms with Crippen LogP contribution in [0, 0.1) is 5.92 Å². The van der Waals surface area contributed by atoms with Gasteiger partial charge in [-0.05, 0) is 39.7 Å². The van der Waals surface area contributed by atoms with Crippen LogP contribution in [0.3, 0.4) is 0 Å². The predicted octanol–water partition coefficient (Wildman–Crippen LogP) is 0.0599. The van der Waals surface area contributed by atoms with Gasteiger partial charge in [0.05, 0.1) is 6.04 Å². The van der Waals surface area contributed by atoms with E-state index in [-0.39, 0.29) is 17.9 Å². The molecule has 0 aromatic carbocycles. The van der Waals surface area contributed by atoms with Crippen LogP contribution in [0.2, 0.25) is 0 Å². The number of nitrogens with zero attached hydrogens (tertiary/aromatic N) is 2. The number of ether oxygens (including phenoxy) is 1. The van der Waals surface area contributed by atoms with Crippen molar-refractivity contribution in [2.45, 2.75) is 45.2 Å². The first-order valence-electron chi connectivity index (χ1n) is 9.55. The maximum Gasteiger partial charge on any atom is 0.237 e. The van der Waals surface area contributed by atoms with Gasteiger partial charge in [-0.2, -0.15) is 0 Å². The molecule has 2 fully saturated rings. The van der Waals surface area contributed by atoms with Gasteiger partial charge in [0.25, 0.3) is 0 Å². The highest BCUT2D eigenvalue weighted by Gasteiger charge is 2.32. The molecule has 0 aromatic rings. The van der Waals surface area contributed by atoms with E-state index < -0.39 is 0 Å². The summed E-state index contributed by atoms with van der Waals surface area (Å²) in [5.41, 5.74) is 0.